The smallest absolute Gasteiger partial charge is 0.254 e. The molecule has 0 spiro atoms. The van der Waals surface area contributed by atoms with E-state index in [0.29, 0.717) is 29.2 Å². The van der Waals surface area contributed by atoms with E-state index in [1.54, 1.807) is 6.21 Å². The highest BCUT2D eigenvalue weighted by Gasteiger charge is 2.67. The van der Waals surface area contributed by atoms with E-state index in [0.717, 1.165) is 22.6 Å². The molecule has 0 unspecified atom stereocenters. The van der Waals surface area contributed by atoms with Crippen LogP contribution in [-0.2, 0) is 16.2 Å². The molecule has 2 aromatic rings. The van der Waals surface area contributed by atoms with Gasteiger partial charge in [0.15, 0.2) is 0 Å². The van der Waals surface area contributed by atoms with Crippen molar-refractivity contribution in [3.8, 4) is 5.75 Å². The maximum absolute atomic E-state index is 13.0. The summed E-state index contributed by atoms with van der Waals surface area (Å²) in [7, 11) is 0. The summed E-state index contributed by atoms with van der Waals surface area (Å²) < 4.78 is 5.86. The molecule has 0 radical (unpaired) electrons. The van der Waals surface area contributed by atoms with Gasteiger partial charge in [-0.3, -0.25) is 9.59 Å². The zero-order valence-electron chi connectivity index (χ0n) is 16.7. The number of rotatable bonds is 5. The first-order chi connectivity index (χ1) is 15.1. The Hall–Kier alpha value is -2.92. The number of benzene rings is 2. The molecule has 5 nitrogen and oxygen atoms in total. The first kappa shape index (κ1) is 18.8. The predicted molar refractivity (Wildman–Crippen MR) is 116 cm³/mol. The highest BCUT2D eigenvalue weighted by molar-refractivity contribution is 6.31. The summed E-state index contributed by atoms with van der Waals surface area (Å²) in [5.41, 5.74) is 1.66. The Balaban J connectivity index is 1.17. The third-order valence-electron chi connectivity index (χ3n) is 7.17. The van der Waals surface area contributed by atoms with Crippen LogP contribution in [0.1, 0.15) is 17.5 Å². The van der Waals surface area contributed by atoms with Gasteiger partial charge in [0.2, 0.25) is 0 Å². The Morgan fingerprint density at radius 1 is 1.00 bits per heavy atom. The summed E-state index contributed by atoms with van der Waals surface area (Å²) in [6.45, 7) is 0.352. The monoisotopic (exact) mass is 432 g/mol. The van der Waals surface area contributed by atoms with E-state index < -0.39 is 0 Å². The van der Waals surface area contributed by atoms with Crippen molar-refractivity contribution in [2.75, 3.05) is 0 Å². The lowest BCUT2D eigenvalue weighted by molar-refractivity contribution is -0.140. The molecule has 7 rings (SSSR count). The SMILES string of the molecule is O=C1[C@@H]2[C@H]3C=C[C@@H]([C@@H]4C[C@@H]34)[C@H]2C(=O)N1/N=C\c1cccc(OCc2ccccc2Cl)c1. The number of carbonyl (C=O) groups excluding carboxylic acids is 2. The van der Waals surface area contributed by atoms with Crippen molar-refractivity contribution in [2.24, 2.45) is 40.6 Å². The molecule has 6 atom stereocenters. The van der Waals surface area contributed by atoms with Crippen LogP contribution in [0.15, 0.2) is 65.8 Å². The molecule has 2 bridgehead atoms. The molecule has 2 aromatic carbocycles. The Labute approximate surface area is 185 Å². The van der Waals surface area contributed by atoms with E-state index in [4.69, 9.17) is 16.3 Å². The molecule has 31 heavy (non-hydrogen) atoms. The van der Waals surface area contributed by atoms with Crippen molar-refractivity contribution in [1.29, 1.82) is 0 Å². The summed E-state index contributed by atoms with van der Waals surface area (Å²) in [6.07, 6.45) is 7.04. The van der Waals surface area contributed by atoms with Gasteiger partial charge in [-0.15, -0.1) is 0 Å². The Morgan fingerprint density at radius 2 is 1.71 bits per heavy atom. The van der Waals surface area contributed by atoms with Gasteiger partial charge in [-0.1, -0.05) is 54.1 Å². The van der Waals surface area contributed by atoms with Crippen LogP contribution in [-0.4, -0.2) is 23.0 Å². The van der Waals surface area contributed by atoms with Gasteiger partial charge in [-0.25, -0.2) is 0 Å². The number of hydrogen-bond acceptors (Lipinski definition) is 4. The van der Waals surface area contributed by atoms with Crippen molar-refractivity contribution in [1.82, 2.24) is 5.01 Å². The standard InChI is InChI=1S/C25H21ClN2O3/c26-21-7-2-1-5-15(21)13-31-16-6-3-4-14(10-16)12-27-28-24(29)22-17-8-9-18(20-11-19(17)20)23(22)25(28)30/h1-10,12,17-20,22-23H,11,13H2/b27-12-/t17-,18-,19-,20-,22+,23+/m0/s1. The van der Waals surface area contributed by atoms with E-state index in [2.05, 4.69) is 17.3 Å². The van der Waals surface area contributed by atoms with Gasteiger partial charge in [-0.2, -0.15) is 10.1 Å². The van der Waals surface area contributed by atoms with Crippen LogP contribution in [0.25, 0.3) is 0 Å². The number of imide groups is 1. The van der Waals surface area contributed by atoms with Gasteiger partial charge in [0.25, 0.3) is 11.8 Å². The molecule has 5 aliphatic rings. The number of amides is 2. The second-order valence-corrected chi connectivity index (χ2v) is 9.25. The van der Waals surface area contributed by atoms with Crippen LogP contribution in [0.5, 0.6) is 5.75 Å². The average molecular weight is 433 g/mol. The van der Waals surface area contributed by atoms with E-state index in [-0.39, 0.29) is 35.5 Å². The van der Waals surface area contributed by atoms with E-state index in [1.165, 1.54) is 0 Å². The van der Waals surface area contributed by atoms with Gasteiger partial charge in [0, 0.05) is 10.6 Å². The molecule has 1 heterocycles. The predicted octanol–water partition coefficient (Wildman–Crippen LogP) is 4.31. The summed E-state index contributed by atoms with van der Waals surface area (Å²) in [5, 5.41) is 6.06. The van der Waals surface area contributed by atoms with E-state index in [9.17, 15) is 9.59 Å². The fourth-order valence-corrected chi connectivity index (χ4v) is 5.83. The first-order valence-electron chi connectivity index (χ1n) is 10.7. The van der Waals surface area contributed by atoms with Gasteiger partial charge < -0.3 is 4.74 Å². The lowest BCUT2D eigenvalue weighted by Gasteiger charge is -2.37. The zero-order chi connectivity index (χ0) is 21.1. The fraction of sp³-hybridized carbons (Fsp3) is 0.320. The van der Waals surface area contributed by atoms with Gasteiger partial charge >= 0.3 is 0 Å². The number of carbonyl (C=O) groups is 2. The van der Waals surface area contributed by atoms with Crippen LogP contribution < -0.4 is 4.74 Å². The molecular weight excluding hydrogens is 412 g/mol. The zero-order valence-corrected chi connectivity index (χ0v) is 17.5. The third-order valence-corrected chi connectivity index (χ3v) is 7.54. The molecule has 0 N–H and O–H groups in total. The highest BCUT2D eigenvalue weighted by Crippen LogP contribution is 2.65. The average Bonchev–Trinajstić information content (AvgIpc) is 3.57. The highest BCUT2D eigenvalue weighted by atomic mass is 35.5. The quantitative estimate of drug-likeness (QED) is 0.402. The number of hydrazone groups is 1. The van der Waals surface area contributed by atoms with Gasteiger partial charge in [0.05, 0.1) is 18.1 Å². The minimum atomic E-state index is -0.228. The molecule has 1 saturated heterocycles. The summed E-state index contributed by atoms with van der Waals surface area (Å²) >= 11 is 6.18. The lowest BCUT2D eigenvalue weighted by atomic mass is 9.63. The third kappa shape index (κ3) is 3.02. The second-order valence-electron chi connectivity index (χ2n) is 8.84. The number of halogens is 1. The van der Waals surface area contributed by atoms with E-state index in [1.807, 2.05) is 48.5 Å². The Bertz CT molecular complexity index is 1110. The molecule has 156 valence electrons. The molecule has 0 aromatic heterocycles. The van der Waals surface area contributed by atoms with Crippen molar-refractivity contribution in [3.63, 3.8) is 0 Å². The topological polar surface area (TPSA) is 59.0 Å². The largest absolute Gasteiger partial charge is 0.489 e. The maximum Gasteiger partial charge on any atom is 0.254 e. The number of hydrogen-bond donors (Lipinski definition) is 0. The minimum absolute atomic E-state index is 0.151. The Morgan fingerprint density at radius 3 is 2.42 bits per heavy atom. The maximum atomic E-state index is 13.0. The van der Waals surface area contributed by atoms with Gasteiger partial charge in [0.1, 0.15) is 12.4 Å². The van der Waals surface area contributed by atoms with E-state index >= 15 is 0 Å². The summed E-state index contributed by atoms with van der Waals surface area (Å²) in [4.78, 5) is 26.0. The molecule has 4 aliphatic carbocycles. The van der Waals surface area contributed by atoms with Crippen molar-refractivity contribution in [3.05, 3.63) is 76.8 Å². The lowest BCUT2D eigenvalue weighted by Crippen LogP contribution is -2.40. The minimum Gasteiger partial charge on any atom is -0.489 e. The summed E-state index contributed by atoms with van der Waals surface area (Å²) in [6, 6.07) is 15.0. The van der Waals surface area contributed by atoms with Crippen LogP contribution in [0.3, 0.4) is 0 Å². The van der Waals surface area contributed by atoms with Crippen molar-refractivity contribution in [2.45, 2.75) is 13.0 Å². The van der Waals surface area contributed by atoms with Crippen LogP contribution in [0.4, 0.5) is 0 Å². The fourth-order valence-electron chi connectivity index (χ4n) is 5.64. The molecule has 3 fully saturated rings. The number of nitrogens with zero attached hydrogens (tertiary/aromatic N) is 2. The first-order valence-corrected chi connectivity index (χ1v) is 11.1. The number of ether oxygens (including phenoxy) is 1. The van der Waals surface area contributed by atoms with Crippen LogP contribution >= 0.6 is 11.6 Å². The normalized spacial score (nSPS) is 32.5. The molecule has 2 saturated carbocycles. The molecular formula is C25H21ClN2O3. The van der Waals surface area contributed by atoms with Crippen LogP contribution in [0, 0.1) is 35.5 Å². The van der Waals surface area contributed by atoms with Crippen molar-refractivity contribution < 1.29 is 14.3 Å². The number of allylic oxidation sites excluding steroid dienone is 2. The Kier molecular flexibility index (Phi) is 4.29. The molecule has 2 amide bonds. The second kappa shape index (κ2) is 7.06. The molecule has 6 heteroatoms. The van der Waals surface area contributed by atoms with Crippen molar-refractivity contribution >= 4 is 29.6 Å². The summed E-state index contributed by atoms with van der Waals surface area (Å²) in [5.74, 6) is 1.50. The molecule has 1 aliphatic heterocycles. The van der Waals surface area contributed by atoms with Crippen LogP contribution in [0.2, 0.25) is 5.02 Å². The van der Waals surface area contributed by atoms with Gasteiger partial charge in [-0.05, 0) is 53.9 Å².